The average molecular weight is 425 g/mol. The van der Waals surface area contributed by atoms with Crippen molar-refractivity contribution in [2.45, 2.75) is 16.8 Å². The Morgan fingerprint density at radius 1 is 0.897 bits per heavy atom. The zero-order valence-electron chi connectivity index (χ0n) is 15.5. The number of hydrogen-bond donors (Lipinski definition) is 1. The lowest BCUT2D eigenvalue weighted by Gasteiger charge is -2.06. The van der Waals surface area contributed by atoms with Crippen molar-refractivity contribution in [3.05, 3.63) is 89.4 Å². The molecule has 146 valence electrons. The van der Waals surface area contributed by atoms with E-state index in [-0.39, 0.29) is 21.7 Å². The number of aromatic nitrogens is 1. The van der Waals surface area contributed by atoms with Crippen LogP contribution in [0.2, 0.25) is 5.02 Å². The number of nitrogens with one attached hydrogen (secondary N) is 1. The van der Waals surface area contributed by atoms with Crippen LogP contribution in [-0.4, -0.2) is 13.4 Å². The van der Waals surface area contributed by atoms with Crippen molar-refractivity contribution < 1.29 is 12.8 Å². The first-order valence-corrected chi connectivity index (χ1v) is 10.7. The number of benzene rings is 3. The summed E-state index contributed by atoms with van der Waals surface area (Å²) in [5, 5.41) is 3.41. The van der Waals surface area contributed by atoms with Crippen molar-refractivity contribution in [2.75, 3.05) is 5.32 Å². The summed E-state index contributed by atoms with van der Waals surface area (Å²) in [6, 6.07) is 22.5. The molecule has 0 aliphatic carbocycles. The molecular weight excluding hydrogens is 408 g/mol. The molecule has 5 nitrogen and oxygen atoms in total. The molecule has 0 amide bonds. The van der Waals surface area contributed by atoms with E-state index in [1.54, 1.807) is 42.5 Å². The zero-order valence-corrected chi connectivity index (χ0v) is 17.0. The van der Waals surface area contributed by atoms with Crippen LogP contribution in [0, 0.1) is 6.92 Å². The first kappa shape index (κ1) is 19.2. The molecule has 1 heterocycles. The first-order chi connectivity index (χ1) is 13.9. The second-order valence-electron chi connectivity index (χ2n) is 6.47. The van der Waals surface area contributed by atoms with Crippen LogP contribution in [0.25, 0.3) is 11.5 Å². The molecule has 4 rings (SSSR count). The molecule has 1 aromatic heterocycles. The van der Waals surface area contributed by atoms with Gasteiger partial charge >= 0.3 is 0 Å². The fourth-order valence-electron chi connectivity index (χ4n) is 2.76. The fraction of sp³-hybridized carbons (Fsp3) is 0.0455. The largest absolute Gasteiger partial charge is 0.419 e. The van der Waals surface area contributed by atoms with Crippen LogP contribution in [0.5, 0.6) is 0 Å². The lowest BCUT2D eigenvalue weighted by Crippen LogP contribution is -2.05. The lowest BCUT2D eigenvalue weighted by molar-refractivity contribution is 0.582. The number of halogens is 1. The van der Waals surface area contributed by atoms with Crippen LogP contribution in [-0.2, 0) is 9.84 Å². The highest BCUT2D eigenvalue weighted by atomic mass is 35.5. The Morgan fingerprint density at radius 3 is 2.21 bits per heavy atom. The van der Waals surface area contributed by atoms with Gasteiger partial charge in [0, 0.05) is 16.3 Å². The van der Waals surface area contributed by atoms with Crippen LogP contribution < -0.4 is 5.32 Å². The third kappa shape index (κ3) is 4.04. The molecule has 29 heavy (non-hydrogen) atoms. The molecule has 7 heteroatoms. The predicted octanol–water partition coefficient (Wildman–Crippen LogP) is 5.88. The van der Waals surface area contributed by atoms with E-state index in [1.165, 1.54) is 12.1 Å². The highest BCUT2D eigenvalue weighted by Gasteiger charge is 2.28. The number of aryl methyl sites for hydroxylation is 1. The first-order valence-electron chi connectivity index (χ1n) is 8.84. The summed E-state index contributed by atoms with van der Waals surface area (Å²) >= 11 is 5.94. The zero-order chi connectivity index (χ0) is 20.4. The summed E-state index contributed by atoms with van der Waals surface area (Å²) in [4.78, 5) is 4.47. The van der Waals surface area contributed by atoms with Crippen LogP contribution in [0.15, 0.2) is 93.2 Å². The quantitative estimate of drug-likeness (QED) is 0.433. The summed E-state index contributed by atoms with van der Waals surface area (Å²) in [7, 11) is -3.89. The van der Waals surface area contributed by atoms with Crippen molar-refractivity contribution in [1.82, 2.24) is 4.98 Å². The molecule has 4 aromatic rings. The van der Waals surface area contributed by atoms with Gasteiger partial charge in [-0.3, -0.25) is 0 Å². The Labute approximate surface area is 173 Å². The van der Waals surface area contributed by atoms with Gasteiger partial charge in [0.05, 0.1) is 4.90 Å². The predicted molar refractivity (Wildman–Crippen MR) is 113 cm³/mol. The molecule has 0 radical (unpaired) electrons. The molecule has 0 spiro atoms. The van der Waals surface area contributed by atoms with E-state index in [0.29, 0.717) is 16.3 Å². The summed E-state index contributed by atoms with van der Waals surface area (Å²) in [5.41, 5.74) is 2.40. The minimum atomic E-state index is -3.89. The van der Waals surface area contributed by atoms with Gasteiger partial charge in [0.1, 0.15) is 0 Å². The van der Waals surface area contributed by atoms with E-state index in [4.69, 9.17) is 16.0 Å². The van der Waals surface area contributed by atoms with E-state index in [2.05, 4.69) is 10.3 Å². The van der Waals surface area contributed by atoms with Crippen molar-refractivity contribution in [1.29, 1.82) is 0 Å². The van der Waals surface area contributed by atoms with E-state index < -0.39 is 9.84 Å². The molecule has 3 aromatic carbocycles. The maximum Gasteiger partial charge on any atom is 0.238 e. The summed E-state index contributed by atoms with van der Waals surface area (Å²) in [6.45, 7) is 1.97. The molecule has 0 atom stereocenters. The SMILES string of the molecule is Cc1ccc(-c2nc(S(=O)(=O)c3ccccc3)c(Nc3ccc(Cl)cc3)o2)cc1. The number of rotatable bonds is 5. The Bertz CT molecular complexity index is 1230. The second kappa shape index (κ2) is 7.73. The molecule has 0 saturated heterocycles. The Hall–Kier alpha value is -3.09. The van der Waals surface area contributed by atoms with Gasteiger partial charge in [-0.05, 0) is 55.5 Å². The molecule has 0 saturated carbocycles. The standard InChI is InChI=1S/C22H17ClN2O3S/c1-15-7-9-16(10-8-15)20-25-22(29(26,27)19-5-3-2-4-6-19)21(28-20)24-18-13-11-17(23)12-14-18/h2-14,24H,1H3. The van der Waals surface area contributed by atoms with Gasteiger partial charge in [-0.25, -0.2) is 8.42 Å². The highest BCUT2D eigenvalue weighted by Crippen LogP contribution is 2.34. The minimum Gasteiger partial charge on any atom is -0.419 e. The molecule has 1 N–H and O–H groups in total. The molecule has 0 bridgehead atoms. The minimum absolute atomic E-state index is 0.0479. The van der Waals surface area contributed by atoms with Crippen molar-refractivity contribution in [2.24, 2.45) is 0 Å². The smallest absolute Gasteiger partial charge is 0.238 e. The number of sulfone groups is 1. The summed E-state index contributed by atoms with van der Waals surface area (Å²) in [6.07, 6.45) is 0. The Kier molecular flexibility index (Phi) is 5.13. The van der Waals surface area contributed by atoms with Gasteiger partial charge in [0.25, 0.3) is 0 Å². The van der Waals surface area contributed by atoms with Crippen molar-refractivity contribution in [3.8, 4) is 11.5 Å². The van der Waals surface area contributed by atoms with Gasteiger partial charge in [-0.1, -0.05) is 47.5 Å². The number of hydrogen-bond acceptors (Lipinski definition) is 5. The molecular formula is C22H17ClN2O3S. The molecule has 0 fully saturated rings. The van der Waals surface area contributed by atoms with E-state index in [0.717, 1.165) is 5.56 Å². The lowest BCUT2D eigenvalue weighted by atomic mass is 10.1. The van der Waals surface area contributed by atoms with Gasteiger partial charge in [-0.15, -0.1) is 0 Å². The second-order valence-corrected chi connectivity index (χ2v) is 8.77. The van der Waals surface area contributed by atoms with Crippen molar-refractivity contribution >= 4 is 33.0 Å². The molecule has 0 aliphatic heterocycles. The monoisotopic (exact) mass is 424 g/mol. The van der Waals surface area contributed by atoms with Crippen LogP contribution >= 0.6 is 11.6 Å². The van der Waals surface area contributed by atoms with E-state index in [9.17, 15) is 8.42 Å². The highest BCUT2D eigenvalue weighted by molar-refractivity contribution is 7.91. The van der Waals surface area contributed by atoms with Crippen LogP contribution in [0.4, 0.5) is 11.6 Å². The van der Waals surface area contributed by atoms with E-state index >= 15 is 0 Å². The van der Waals surface area contributed by atoms with Crippen LogP contribution in [0.3, 0.4) is 0 Å². The third-order valence-corrected chi connectivity index (χ3v) is 6.24. The summed E-state index contributed by atoms with van der Waals surface area (Å²) in [5.74, 6) is 0.266. The Balaban J connectivity index is 1.83. The van der Waals surface area contributed by atoms with Gasteiger partial charge in [-0.2, -0.15) is 4.98 Å². The summed E-state index contributed by atoms with van der Waals surface area (Å²) < 4.78 is 32.3. The molecule has 0 unspecified atom stereocenters. The normalized spacial score (nSPS) is 11.4. The number of nitrogens with zero attached hydrogens (tertiary/aromatic N) is 1. The third-order valence-electron chi connectivity index (χ3n) is 4.30. The number of oxazole rings is 1. The van der Waals surface area contributed by atoms with Gasteiger partial charge in [0.15, 0.2) is 0 Å². The average Bonchev–Trinajstić information content (AvgIpc) is 3.15. The maximum absolute atomic E-state index is 13.2. The topological polar surface area (TPSA) is 72.2 Å². The van der Waals surface area contributed by atoms with Crippen LogP contribution in [0.1, 0.15) is 5.56 Å². The van der Waals surface area contributed by atoms with E-state index in [1.807, 2.05) is 31.2 Å². The van der Waals surface area contributed by atoms with Gasteiger partial charge < -0.3 is 9.73 Å². The molecule has 0 aliphatic rings. The Morgan fingerprint density at radius 2 is 1.55 bits per heavy atom. The fourth-order valence-corrected chi connectivity index (χ4v) is 4.17. The maximum atomic E-state index is 13.2. The van der Waals surface area contributed by atoms with Crippen molar-refractivity contribution in [3.63, 3.8) is 0 Å². The number of anilines is 2. The van der Waals surface area contributed by atoms with Gasteiger partial charge in [0.2, 0.25) is 26.6 Å².